The fraction of sp³-hybridized carbons (Fsp3) is 0.500. The second-order valence-electron chi connectivity index (χ2n) is 10.0. The van der Waals surface area contributed by atoms with Gasteiger partial charge in [0.05, 0.1) is 11.8 Å². The Morgan fingerprint density at radius 2 is 1.74 bits per heavy atom. The number of para-hydroxylation sites is 1. The van der Waals surface area contributed by atoms with E-state index in [1.54, 1.807) is 0 Å². The summed E-state index contributed by atoms with van der Waals surface area (Å²) in [6, 6.07) is 20.3. The van der Waals surface area contributed by atoms with Gasteiger partial charge in [0.2, 0.25) is 0 Å². The van der Waals surface area contributed by atoms with Crippen molar-refractivity contribution in [2.45, 2.75) is 69.6 Å². The minimum absolute atomic E-state index is 0.126. The van der Waals surface area contributed by atoms with E-state index >= 15 is 0 Å². The third-order valence-corrected chi connectivity index (χ3v) is 7.80. The molecule has 2 unspecified atom stereocenters. The molecule has 3 aromatic rings. The number of nitrogens with one attached hydrogen (secondary N) is 1. The van der Waals surface area contributed by atoms with Crippen LogP contribution in [-0.2, 0) is 23.2 Å². The van der Waals surface area contributed by atoms with Crippen LogP contribution < -0.4 is 0 Å². The molecule has 5 rings (SSSR count). The highest BCUT2D eigenvalue weighted by Gasteiger charge is 2.46. The van der Waals surface area contributed by atoms with E-state index in [1.807, 2.05) is 0 Å². The Bertz CT molecular complexity index is 1010. The minimum Gasteiger partial charge on any atom is -0.365 e. The fourth-order valence-corrected chi connectivity index (χ4v) is 6.31. The van der Waals surface area contributed by atoms with Crippen LogP contribution >= 0.6 is 0 Å². The van der Waals surface area contributed by atoms with Crippen LogP contribution in [0, 0.1) is 5.92 Å². The normalized spacial score (nSPS) is 27.0. The average Bonchev–Trinajstić information content (AvgIpc) is 3.15. The third-order valence-electron chi connectivity index (χ3n) is 7.80. The highest BCUT2D eigenvalue weighted by atomic mass is 16.5. The monoisotopic (exact) mass is 416 g/mol. The van der Waals surface area contributed by atoms with Crippen LogP contribution in [0.3, 0.4) is 0 Å². The van der Waals surface area contributed by atoms with E-state index in [1.165, 1.54) is 47.0 Å². The van der Waals surface area contributed by atoms with Gasteiger partial charge in [0, 0.05) is 23.4 Å². The third kappa shape index (κ3) is 3.94. The molecular weight excluding hydrogens is 380 g/mol. The molecule has 3 heteroatoms. The molecule has 2 aliphatic rings. The lowest BCUT2D eigenvalue weighted by molar-refractivity contribution is -0.135. The summed E-state index contributed by atoms with van der Waals surface area (Å²) < 4.78 is 6.74. The maximum absolute atomic E-state index is 6.74. The zero-order valence-corrected chi connectivity index (χ0v) is 19.2. The number of ether oxygens (including phenoxy) is 1. The molecule has 2 heterocycles. The van der Waals surface area contributed by atoms with Crippen molar-refractivity contribution in [2.24, 2.45) is 5.92 Å². The van der Waals surface area contributed by atoms with Gasteiger partial charge in [-0.25, -0.2) is 0 Å². The highest BCUT2D eigenvalue weighted by Crippen LogP contribution is 2.49. The highest BCUT2D eigenvalue weighted by molar-refractivity contribution is 5.85. The van der Waals surface area contributed by atoms with Crippen molar-refractivity contribution in [2.75, 3.05) is 14.1 Å². The van der Waals surface area contributed by atoms with Gasteiger partial charge in [-0.3, -0.25) is 0 Å². The topological polar surface area (TPSA) is 28.3 Å². The Hall–Kier alpha value is -2.10. The summed E-state index contributed by atoms with van der Waals surface area (Å²) >= 11 is 0. The Morgan fingerprint density at radius 3 is 2.48 bits per heavy atom. The summed E-state index contributed by atoms with van der Waals surface area (Å²) in [6.07, 6.45) is 8.40. The van der Waals surface area contributed by atoms with Crippen LogP contribution in [0.4, 0.5) is 0 Å². The maximum atomic E-state index is 6.74. The standard InChI is InChI=1S/C28H36N2O/c1-20-19-24-23-11-7-8-12-25(23)29-27(24)28(31-20)17-15-22(16-18-28)26(30(2)3)14-13-21-9-5-4-6-10-21/h4-12,20,22,26,29H,13-19H2,1-3H3. The van der Waals surface area contributed by atoms with Crippen molar-refractivity contribution < 1.29 is 4.74 Å². The summed E-state index contributed by atoms with van der Waals surface area (Å²) in [4.78, 5) is 6.24. The molecule has 1 N–H and O–H groups in total. The number of aryl methyl sites for hydroxylation is 1. The van der Waals surface area contributed by atoms with Crippen LogP contribution in [0.25, 0.3) is 10.9 Å². The summed E-state index contributed by atoms with van der Waals surface area (Å²) in [5, 5.41) is 1.39. The van der Waals surface area contributed by atoms with Crippen molar-refractivity contribution in [1.82, 2.24) is 9.88 Å². The molecule has 1 saturated carbocycles. The van der Waals surface area contributed by atoms with E-state index in [4.69, 9.17) is 4.74 Å². The van der Waals surface area contributed by atoms with Gasteiger partial charge >= 0.3 is 0 Å². The molecule has 2 aromatic carbocycles. The largest absolute Gasteiger partial charge is 0.365 e. The molecule has 1 aromatic heterocycles. The molecule has 1 aliphatic heterocycles. The Labute approximate surface area is 186 Å². The van der Waals surface area contributed by atoms with Crippen molar-refractivity contribution in [3.05, 3.63) is 71.4 Å². The van der Waals surface area contributed by atoms with Crippen LogP contribution in [-0.4, -0.2) is 36.1 Å². The first-order valence-corrected chi connectivity index (χ1v) is 12.0. The lowest BCUT2D eigenvalue weighted by atomic mass is 9.71. The number of rotatable bonds is 5. The van der Waals surface area contributed by atoms with E-state index in [-0.39, 0.29) is 11.7 Å². The number of hydrogen-bond acceptors (Lipinski definition) is 2. The number of aromatic nitrogens is 1. The minimum atomic E-state index is -0.126. The second-order valence-corrected chi connectivity index (χ2v) is 10.0. The van der Waals surface area contributed by atoms with Crippen molar-refractivity contribution >= 4 is 10.9 Å². The lowest BCUT2D eigenvalue weighted by Gasteiger charge is -2.47. The molecule has 0 amide bonds. The van der Waals surface area contributed by atoms with Crippen LogP contribution in [0.1, 0.15) is 55.8 Å². The number of H-pyrrole nitrogens is 1. The Balaban J connectivity index is 1.34. The van der Waals surface area contributed by atoms with Crippen LogP contribution in [0.15, 0.2) is 54.6 Å². The van der Waals surface area contributed by atoms with Gasteiger partial charge in [-0.2, -0.15) is 0 Å². The van der Waals surface area contributed by atoms with Gasteiger partial charge in [0.25, 0.3) is 0 Å². The molecule has 31 heavy (non-hydrogen) atoms. The van der Waals surface area contributed by atoms with E-state index in [9.17, 15) is 0 Å². The predicted molar refractivity (Wildman–Crippen MR) is 128 cm³/mol. The van der Waals surface area contributed by atoms with Crippen LogP contribution in [0.2, 0.25) is 0 Å². The molecule has 2 atom stereocenters. The SMILES string of the molecule is CC1Cc2c([nH]c3ccccc23)C2(CCC(C(CCc3ccccc3)N(C)C)CC2)O1. The Kier molecular flexibility index (Phi) is 5.66. The van der Waals surface area contributed by atoms with E-state index in [2.05, 4.69) is 85.5 Å². The number of nitrogens with zero attached hydrogens (tertiary/aromatic N) is 1. The molecule has 1 aliphatic carbocycles. The quantitative estimate of drug-likeness (QED) is 0.546. The number of benzene rings is 2. The van der Waals surface area contributed by atoms with Gasteiger partial charge in [0.15, 0.2) is 0 Å². The lowest BCUT2D eigenvalue weighted by Crippen LogP contribution is -2.45. The van der Waals surface area contributed by atoms with Gasteiger partial charge in [-0.05, 0) is 82.7 Å². The van der Waals surface area contributed by atoms with E-state index in [0.717, 1.165) is 31.6 Å². The number of fused-ring (bicyclic) bond motifs is 4. The van der Waals surface area contributed by atoms with Crippen molar-refractivity contribution in [1.29, 1.82) is 0 Å². The molecular formula is C28H36N2O. The van der Waals surface area contributed by atoms with E-state index < -0.39 is 0 Å². The summed E-state index contributed by atoms with van der Waals surface area (Å²) in [6.45, 7) is 2.25. The van der Waals surface area contributed by atoms with Crippen molar-refractivity contribution in [3.63, 3.8) is 0 Å². The summed E-state index contributed by atoms with van der Waals surface area (Å²) in [5.41, 5.74) is 5.46. The van der Waals surface area contributed by atoms with Gasteiger partial charge in [-0.15, -0.1) is 0 Å². The number of aromatic amines is 1. The smallest absolute Gasteiger partial charge is 0.108 e. The van der Waals surface area contributed by atoms with Crippen molar-refractivity contribution in [3.8, 4) is 0 Å². The zero-order chi connectivity index (χ0) is 21.4. The van der Waals surface area contributed by atoms with Gasteiger partial charge in [-0.1, -0.05) is 48.5 Å². The van der Waals surface area contributed by atoms with Crippen LogP contribution in [0.5, 0.6) is 0 Å². The Morgan fingerprint density at radius 1 is 1.03 bits per heavy atom. The molecule has 1 spiro atoms. The first kappa shape index (κ1) is 20.8. The fourth-order valence-electron chi connectivity index (χ4n) is 6.31. The number of hydrogen-bond donors (Lipinski definition) is 1. The molecule has 0 bridgehead atoms. The summed E-state index contributed by atoms with van der Waals surface area (Å²) in [5.74, 6) is 0.734. The first-order valence-electron chi connectivity index (χ1n) is 12.0. The first-order chi connectivity index (χ1) is 15.1. The summed E-state index contributed by atoms with van der Waals surface area (Å²) in [7, 11) is 4.52. The van der Waals surface area contributed by atoms with Gasteiger partial charge in [0.1, 0.15) is 5.60 Å². The average molecular weight is 417 g/mol. The zero-order valence-electron chi connectivity index (χ0n) is 19.2. The van der Waals surface area contributed by atoms with E-state index in [0.29, 0.717) is 6.04 Å². The molecule has 1 fully saturated rings. The predicted octanol–water partition coefficient (Wildman–Crippen LogP) is 6.08. The molecule has 0 radical (unpaired) electrons. The maximum Gasteiger partial charge on any atom is 0.108 e. The van der Waals surface area contributed by atoms with Gasteiger partial charge < -0.3 is 14.6 Å². The molecule has 0 saturated heterocycles. The molecule has 3 nitrogen and oxygen atoms in total. The molecule has 164 valence electrons. The second kappa shape index (κ2) is 8.44.